The summed E-state index contributed by atoms with van der Waals surface area (Å²) < 4.78 is 6.24. The van der Waals surface area contributed by atoms with E-state index in [1.165, 1.54) is 5.56 Å². The van der Waals surface area contributed by atoms with E-state index in [0.29, 0.717) is 13.2 Å². The number of hydrogen-bond donors (Lipinski definition) is 1. The molecule has 0 saturated carbocycles. The monoisotopic (exact) mass is 242 g/mol. The Labute approximate surface area is 85.4 Å². The Balaban J connectivity index is 2.50. The van der Waals surface area contributed by atoms with Crippen LogP contribution in [0.15, 0.2) is 10.7 Å². The number of rotatable bonds is 1. The molecule has 3 nitrogen and oxygen atoms in total. The first-order chi connectivity index (χ1) is 6.31. The van der Waals surface area contributed by atoms with Crippen LogP contribution in [0.3, 0.4) is 0 Å². The zero-order chi connectivity index (χ0) is 9.26. The lowest BCUT2D eigenvalue weighted by atomic mass is 10.0. The highest BCUT2D eigenvalue weighted by atomic mass is 79.9. The van der Waals surface area contributed by atoms with Crippen molar-refractivity contribution >= 4 is 15.9 Å². The summed E-state index contributed by atoms with van der Waals surface area (Å²) in [6.07, 6.45) is 0.891. The minimum atomic E-state index is 0.548. The fourth-order valence-corrected chi connectivity index (χ4v) is 2.04. The van der Waals surface area contributed by atoms with Gasteiger partial charge >= 0.3 is 0 Å². The van der Waals surface area contributed by atoms with Crippen molar-refractivity contribution in [2.75, 3.05) is 6.61 Å². The molecule has 2 heterocycles. The zero-order valence-electron chi connectivity index (χ0n) is 7.22. The van der Waals surface area contributed by atoms with Crippen LogP contribution >= 0.6 is 15.9 Å². The maximum atomic E-state index is 5.64. The number of fused-ring (bicyclic) bond motifs is 1. The van der Waals surface area contributed by atoms with Crippen molar-refractivity contribution in [3.63, 3.8) is 0 Å². The fourth-order valence-electron chi connectivity index (χ4n) is 1.55. The molecule has 0 aromatic carbocycles. The van der Waals surface area contributed by atoms with Crippen molar-refractivity contribution in [3.8, 4) is 0 Å². The third-order valence-electron chi connectivity index (χ3n) is 2.22. The van der Waals surface area contributed by atoms with Gasteiger partial charge in [-0.15, -0.1) is 0 Å². The smallest absolute Gasteiger partial charge is 0.106 e. The number of pyridine rings is 1. The van der Waals surface area contributed by atoms with Gasteiger partial charge in [0.15, 0.2) is 0 Å². The van der Waals surface area contributed by atoms with Gasteiger partial charge in [0.2, 0.25) is 0 Å². The molecule has 0 bridgehead atoms. The van der Waals surface area contributed by atoms with Crippen molar-refractivity contribution in [2.24, 2.45) is 5.73 Å². The van der Waals surface area contributed by atoms with E-state index in [-0.39, 0.29) is 0 Å². The van der Waals surface area contributed by atoms with Gasteiger partial charge < -0.3 is 10.5 Å². The average molecular weight is 243 g/mol. The molecule has 0 saturated heterocycles. The number of hydrogen-bond acceptors (Lipinski definition) is 3. The van der Waals surface area contributed by atoms with Crippen LogP contribution in [0.4, 0.5) is 0 Å². The van der Waals surface area contributed by atoms with Gasteiger partial charge in [-0.25, -0.2) is 4.98 Å². The van der Waals surface area contributed by atoms with Gasteiger partial charge in [-0.3, -0.25) is 0 Å². The largest absolute Gasteiger partial charge is 0.376 e. The van der Waals surface area contributed by atoms with E-state index in [2.05, 4.69) is 20.9 Å². The zero-order valence-corrected chi connectivity index (χ0v) is 8.80. The molecule has 1 aromatic rings. The highest BCUT2D eigenvalue weighted by molar-refractivity contribution is 9.10. The molecule has 0 aliphatic carbocycles. The molecule has 2 N–H and O–H groups in total. The molecule has 4 heteroatoms. The third kappa shape index (κ3) is 1.75. The van der Waals surface area contributed by atoms with Gasteiger partial charge in [-0.05, 0) is 27.6 Å². The summed E-state index contributed by atoms with van der Waals surface area (Å²) in [6.45, 7) is 1.97. The van der Waals surface area contributed by atoms with Crippen molar-refractivity contribution in [3.05, 3.63) is 27.5 Å². The Hall–Kier alpha value is -0.450. The molecule has 0 atom stereocenters. The summed E-state index contributed by atoms with van der Waals surface area (Å²) in [6, 6.07) is 1.97. The first-order valence-corrected chi connectivity index (χ1v) is 5.05. The minimum Gasteiger partial charge on any atom is -0.376 e. The number of nitrogens with two attached hydrogens (primary N) is 1. The molecule has 1 aliphatic heterocycles. The molecule has 0 fully saturated rings. The van der Waals surface area contributed by atoms with Gasteiger partial charge in [-0.2, -0.15) is 0 Å². The van der Waals surface area contributed by atoms with E-state index >= 15 is 0 Å². The Bertz CT molecular complexity index is 310. The van der Waals surface area contributed by atoms with Crippen molar-refractivity contribution in [1.82, 2.24) is 4.98 Å². The summed E-state index contributed by atoms with van der Waals surface area (Å²) in [5, 5.41) is 0. The van der Waals surface area contributed by atoms with Gasteiger partial charge in [-0.1, -0.05) is 0 Å². The van der Waals surface area contributed by atoms with Crippen LogP contribution < -0.4 is 5.73 Å². The molecule has 0 amide bonds. The minimum absolute atomic E-state index is 0.548. The summed E-state index contributed by atoms with van der Waals surface area (Å²) in [4.78, 5) is 4.40. The predicted molar refractivity (Wildman–Crippen MR) is 53.2 cm³/mol. The molecule has 0 spiro atoms. The van der Waals surface area contributed by atoms with Crippen molar-refractivity contribution < 1.29 is 4.74 Å². The van der Waals surface area contributed by atoms with Crippen molar-refractivity contribution in [1.29, 1.82) is 0 Å². The van der Waals surface area contributed by atoms with E-state index < -0.39 is 0 Å². The number of ether oxygens (including phenoxy) is 1. The summed E-state index contributed by atoms with van der Waals surface area (Å²) >= 11 is 3.37. The average Bonchev–Trinajstić information content (AvgIpc) is 2.16. The van der Waals surface area contributed by atoms with E-state index in [4.69, 9.17) is 10.5 Å². The topological polar surface area (TPSA) is 48.1 Å². The first kappa shape index (κ1) is 9.12. The Kier molecular flexibility index (Phi) is 2.62. The van der Waals surface area contributed by atoms with Crippen molar-refractivity contribution in [2.45, 2.75) is 19.6 Å². The van der Waals surface area contributed by atoms with Gasteiger partial charge in [0.05, 0.1) is 13.2 Å². The Morgan fingerprint density at radius 1 is 1.62 bits per heavy atom. The SMILES string of the molecule is NCc1cc(Br)nc2c1COCC2. The number of nitrogens with zero attached hydrogens (tertiary/aromatic N) is 1. The second-order valence-electron chi connectivity index (χ2n) is 3.04. The maximum absolute atomic E-state index is 5.64. The third-order valence-corrected chi connectivity index (χ3v) is 2.63. The second-order valence-corrected chi connectivity index (χ2v) is 3.85. The Morgan fingerprint density at radius 2 is 2.46 bits per heavy atom. The van der Waals surface area contributed by atoms with E-state index in [9.17, 15) is 0 Å². The first-order valence-electron chi connectivity index (χ1n) is 4.26. The van der Waals surface area contributed by atoms with E-state index in [0.717, 1.165) is 28.9 Å². The molecule has 70 valence electrons. The van der Waals surface area contributed by atoms with Crippen LogP contribution in [-0.2, 0) is 24.3 Å². The van der Waals surface area contributed by atoms with Gasteiger partial charge in [0.1, 0.15) is 4.60 Å². The Morgan fingerprint density at radius 3 is 3.23 bits per heavy atom. The maximum Gasteiger partial charge on any atom is 0.106 e. The quantitative estimate of drug-likeness (QED) is 0.758. The normalized spacial score (nSPS) is 15.5. The fraction of sp³-hybridized carbons (Fsp3) is 0.444. The van der Waals surface area contributed by atoms with Crippen LogP contribution in [-0.4, -0.2) is 11.6 Å². The second kappa shape index (κ2) is 3.74. The van der Waals surface area contributed by atoms with Gasteiger partial charge in [0, 0.05) is 24.2 Å². The molecular formula is C9H11BrN2O. The molecular weight excluding hydrogens is 232 g/mol. The molecule has 13 heavy (non-hydrogen) atoms. The number of halogens is 1. The molecule has 0 unspecified atom stereocenters. The molecule has 1 aliphatic rings. The molecule has 0 radical (unpaired) electrons. The van der Waals surface area contributed by atoms with Crippen LogP contribution in [0.2, 0.25) is 0 Å². The van der Waals surface area contributed by atoms with Crippen LogP contribution in [0.5, 0.6) is 0 Å². The van der Waals surface area contributed by atoms with E-state index in [1.54, 1.807) is 0 Å². The summed E-state index contributed by atoms with van der Waals surface area (Å²) in [5.74, 6) is 0. The van der Waals surface area contributed by atoms with Crippen LogP contribution in [0, 0.1) is 0 Å². The van der Waals surface area contributed by atoms with E-state index in [1.807, 2.05) is 6.07 Å². The molecule has 1 aromatic heterocycles. The van der Waals surface area contributed by atoms with Gasteiger partial charge in [0.25, 0.3) is 0 Å². The highest BCUT2D eigenvalue weighted by Gasteiger charge is 2.14. The van der Waals surface area contributed by atoms with Crippen LogP contribution in [0.25, 0.3) is 0 Å². The van der Waals surface area contributed by atoms with Crippen LogP contribution in [0.1, 0.15) is 16.8 Å². The number of aromatic nitrogens is 1. The standard InChI is InChI=1S/C9H11BrN2O/c10-9-3-6(4-11)7-5-13-2-1-8(7)12-9/h3H,1-2,4-5,11H2. The predicted octanol–water partition coefficient (Wildman–Crippen LogP) is 1.38. The molecule has 2 rings (SSSR count). The summed E-state index contributed by atoms with van der Waals surface area (Å²) in [5.41, 5.74) is 9.08. The lowest BCUT2D eigenvalue weighted by molar-refractivity contribution is 0.108. The lowest BCUT2D eigenvalue weighted by Gasteiger charge is -2.18. The highest BCUT2D eigenvalue weighted by Crippen LogP contribution is 2.22. The lowest BCUT2D eigenvalue weighted by Crippen LogP contribution is -2.15. The summed E-state index contributed by atoms with van der Waals surface area (Å²) in [7, 11) is 0.